The molecule has 6 heteroatoms. The molecule has 0 saturated carbocycles. The molecule has 23 heavy (non-hydrogen) atoms. The lowest BCUT2D eigenvalue weighted by atomic mass is 10.2. The normalized spacial score (nSPS) is 10.1. The summed E-state index contributed by atoms with van der Waals surface area (Å²) < 4.78 is 5.61. The lowest BCUT2D eigenvalue weighted by Gasteiger charge is -2.07. The van der Waals surface area contributed by atoms with E-state index >= 15 is 0 Å². The Morgan fingerprint density at radius 3 is 2.70 bits per heavy atom. The van der Waals surface area contributed by atoms with Crippen molar-refractivity contribution in [2.45, 2.75) is 0 Å². The van der Waals surface area contributed by atoms with Crippen LogP contribution in [0.5, 0.6) is 11.6 Å². The predicted molar refractivity (Wildman–Crippen MR) is 88.0 cm³/mol. The minimum absolute atomic E-state index is 0.297. The van der Waals surface area contributed by atoms with Crippen molar-refractivity contribution in [3.63, 3.8) is 0 Å². The molecule has 0 unspecified atom stereocenters. The number of nitrogens with one attached hydrogen (secondary N) is 1. The zero-order valence-corrected chi connectivity index (χ0v) is 12.7. The molecule has 0 saturated heterocycles. The van der Waals surface area contributed by atoms with Crippen LogP contribution in [0.1, 0.15) is 10.4 Å². The molecule has 1 aromatic carbocycles. The van der Waals surface area contributed by atoms with Crippen molar-refractivity contribution in [3.8, 4) is 11.6 Å². The highest BCUT2D eigenvalue weighted by Gasteiger charge is 2.09. The molecule has 0 bridgehead atoms. The fourth-order valence-corrected chi connectivity index (χ4v) is 2.07. The Labute approximate surface area is 137 Å². The zero-order chi connectivity index (χ0) is 16.1. The summed E-state index contributed by atoms with van der Waals surface area (Å²) in [7, 11) is 0. The molecule has 0 spiro atoms. The van der Waals surface area contributed by atoms with E-state index in [-0.39, 0.29) is 5.91 Å². The van der Waals surface area contributed by atoms with E-state index in [2.05, 4.69) is 15.3 Å². The molecule has 3 aromatic rings. The predicted octanol–water partition coefficient (Wildman–Crippen LogP) is 4.17. The molecule has 0 aliphatic heterocycles. The van der Waals surface area contributed by atoms with E-state index in [4.69, 9.17) is 16.3 Å². The number of rotatable bonds is 4. The first kappa shape index (κ1) is 15.0. The van der Waals surface area contributed by atoms with Crippen LogP contribution in [0.3, 0.4) is 0 Å². The van der Waals surface area contributed by atoms with Crippen LogP contribution >= 0.6 is 11.6 Å². The molecule has 0 radical (unpaired) electrons. The van der Waals surface area contributed by atoms with Gasteiger partial charge in [-0.2, -0.15) is 0 Å². The smallest absolute Gasteiger partial charge is 0.255 e. The topological polar surface area (TPSA) is 64.1 Å². The minimum Gasteiger partial charge on any atom is -0.439 e. The number of pyridine rings is 2. The number of hydrogen-bond acceptors (Lipinski definition) is 4. The molecule has 5 nitrogen and oxygen atoms in total. The fraction of sp³-hybridized carbons (Fsp3) is 0. The number of carbonyl (C=O) groups is 1. The Hall–Kier alpha value is -2.92. The molecular formula is C17H12ClN3O2. The number of benzene rings is 1. The third kappa shape index (κ3) is 4.05. The Balaban J connectivity index is 1.75. The van der Waals surface area contributed by atoms with Crippen molar-refractivity contribution >= 4 is 23.2 Å². The minimum atomic E-state index is -0.297. The number of halogens is 1. The summed E-state index contributed by atoms with van der Waals surface area (Å²) in [5, 5.41) is 3.17. The standard InChI is InChI=1S/C17H12ClN3O2/c18-13-9-14(11-19-10-13)21-17(22)12-6-7-20-16(8-12)23-15-4-2-1-3-5-15/h1-11H,(H,21,22). The van der Waals surface area contributed by atoms with E-state index in [1.54, 1.807) is 18.2 Å². The Kier molecular flexibility index (Phi) is 4.49. The molecule has 114 valence electrons. The number of para-hydroxylation sites is 1. The highest BCUT2D eigenvalue weighted by Crippen LogP contribution is 2.20. The lowest BCUT2D eigenvalue weighted by molar-refractivity contribution is 0.102. The maximum Gasteiger partial charge on any atom is 0.255 e. The monoisotopic (exact) mass is 325 g/mol. The summed E-state index contributed by atoms with van der Waals surface area (Å²) in [6, 6.07) is 14.0. The maximum absolute atomic E-state index is 12.3. The van der Waals surface area contributed by atoms with Gasteiger partial charge in [-0.05, 0) is 24.3 Å². The summed E-state index contributed by atoms with van der Waals surface area (Å²) >= 11 is 5.85. The van der Waals surface area contributed by atoms with Gasteiger partial charge in [0.1, 0.15) is 5.75 Å². The van der Waals surface area contributed by atoms with Crippen LogP contribution in [-0.2, 0) is 0 Å². The number of aromatic nitrogens is 2. The van der Waals surface area contributed by atoms with Gasteiger partial charge in [-0.25, -0.2) is 4.98 Å². The average molecular weight is 326 g/mol. The van der Waals surface area contributed by atoms with Crippen molar-refractivity contribution < 1.29 is 9.53 Å². The van der Waals surface area contributed by atoms with Gasteiger partial charge in [0.05, 0.1) is 16.9 Å². The Morgan fingerprint density at radius 1 is 1.09 bits per heavy atom. The van der Waals surface area contributed by atoms with Gasteiger partial charge in [-0.15, -0.1) is 0 Å². The number of ether oxygens (including phenoxy) is 1. The van der Waals surface area contributed by atoms with Crippen molar-refractivity contribution in [2.24, 2.45) is 0 Å². The van der Waals surface area contributed by atoms with E-state index in [0.717, 1.165) is 0 Å². The average Bonchev–Trinajstić information content (AvgIpc) is 2.56. The Bertz CT molecular complexity index is 825. The number of amides is 1. The summed E-state index contributed by atoms with van der Waals surface area (Å²) in [6.45, 7) is 0. The zero-order valence-electron chi connectivity index (χ0n) is 11.9. The number of nitrogens with zero attached hydrogens (tertiary/aromatic N) is 2. The van der Waals surface area contributed by atoms with E-state index in [1.165, 1.54) is 18.6 Å². The second kappa shape index (κ2) is 6.89. The van der Waals surface area contributed by atoms with Crippen molar-refractivity contribution in [1.29, 1.82) is 0 Å². The number of carbonyl (C=O) groups excluding carboxylic acids is 1. The van der Waals surface area contributed by atoms with E-state index in [1.807, 2.05) is 30.3 Å². The highest BCUT2D eigenvalue weighted by atomic mass is 35.5. The summed E-state index contributed by atoms with van der Waals surface area (Å²) in [4.78, 5) is 20.3. The molecule has 0 aliphatic rings. The summed E-state index contributed by atoms with van der Waals surface area (Å²) in [5.74, 6) is 0.694. The largest absolute Gasteiger partial charge is 0.439 e. The molecule has 0 aliphatic carbocycles. The summed E-state index contributed by atoms with van der Waals surface area (Å²) in [6.07, 6.45) is 4.53. The van der Waals surface area contributed by atoms with Gasteiger partial charge in [-0.3, -0.25) is 9.78 Å². The quantitative estimate of drug-likeness (QED) is 0.781. The molecule has 0 atom stereocenters. The van der Waals surface area contributed by atoms with Crippen LogP contribution in [0.15, 0.2) is 67.1 Å². The third-order valence-electron chi connectivity index (χ3n) is 2.93. The number of hydrogen-bond donors (Lipinski definition) is 1. The van der Waals surface area contributed by atoms with E-state index in [0.29, 0.717) is 27.9 Å². The molecule has 1 N–H and O–H groups in total. The summed E-state index contributed by atoms with van der Waals surface area (Å²) in [5.41, 5.74) is 0.941. The van der Waals surface area contributed by atoms with Crippen LogP contribution in [0.4, 0.5) is 5.69 Å². The van der Waals surface area contributed by atoms with Gasteiger partial charge in [0.2, 0.25) is 5.88 Å². The van der Waals surface area contributed by atoms with E-state index in [9.17, 15) is 4.79 Å². The molecule has 0 fully saturated rings. The maximum atomic E-state index is 12.3. The van der Waals surface area contributed by atoms with Crippen molar-refractivity contribution in [1.82, 2.24) is 9.97 Å². The second-order valence-electron chi connectivity index (χ2n) is 4.64. The van der Waals surface area contributed by atoms with Gasteiger partial charge in [-0.1, -0.05) is 29.8 Å². The van der Waals surface area contributed by atoms with Crippen LogP contribution in [-0.4, -0.2) is 15.9 Å². The second-order valence-corrected chi connectivity index (χ2v) is 5.08. The van der Waals surface area contributed by atoms with Crippen LogP contribution < -0.4 is 10.1 Å². The third-order valence-corrected chi connectivity index (χ3v) is 3.13. The van der Waals surface area contributed by atoms with Gasteiger partial charge in [0, 0.05) is 24.0 Å². The van der Waals surface area contributed by atoms with Crippen LogP contribution in [0.2, 0.25) is 5.02 Å². The first-order chi connectivity index (χ1) is 11.2. The van der Waals surface area contributed by atoms with Gasteiger partial charge in [0.15, 0.2) is 0 Å². The lowest BCUT2D eigenvalue weighted by Crippen LogP contribution is -2.12. The van der Waals surface area contributed by atoms with Crippen LogP contribution in [0, 0.1) is 0 Å². The molecule has 3 rings (SSSR count). The molecule has 2 aromatic heterocycles. The first-order valence-electron chi connectivity index (χ1n) is 6.81. The van der Waals surface area contributed by atoms with Crippen molar-refractivity contribution in [3.05, 3.63) is 77.7 Å². The number of anilines is 1. The van der Waals surface area contributed by atoms with Gasteiger partial charge in [0.25, 0.3) is 5.91 Å². The van der Waals surface area contributed by atoms with Gasteiger partial charge < -0.3 is 10.1 Å². The van der Waals surface area contributed by atoms with Gasteiger partial charge >= 0.3 is 0 Å². The molecule has 1 amide bonds. The fourth-order valence-electron chi connectivity index (χ4n) is 1.90. The SMILES string of the molecule is O=C(Nc1cncc(Cl)c1)c1ccnc(Oc2ccccc2)c1. The Morgan fingerprint density at radius 2 is 1.91 bits per heavy atom. The van der Waals surface area contributed by atoms with Crippen molar-refractivity contribution in [2.75, 3.05) is 5.32 Å². The molecule has 2 heterocycles. The van der Waals surface area contributed by atoms with E-state index < -0.39 is 0 Å². The first-order valence-corrected chi connectivity index (χ1v) is 7.19. The highest BCUT2D eigenvalue weighted by molar-refractivity contribution is 6.30. The molecular weight excluding hydrogens is 314 g/mol. The van der Waals surface area contributed by atoms with Crippen LogP contribution in [0.25, 0.3) is 0 Å².